The predicted molar refractivity (Wildman–Crippen MR) is 66.6 cm³/mol. The Labute approximate surface area is 104 Å². The van der Waals surface area contributed by atoms with Gasteiger partial charge in [-0.05, 0) is 35.9 Å². The van der Waals surface area contributed by atoms with Crippen molar-refractivity contribution in [2.24, 2.45) is 0 Å². The summed E-state index contributed by atoms with van der Waals surface area (Å²) in [5.41, 5.74) is 1.39. The Balaban J connectivity index is 2.57. The molecule has 0 aliphatic rings. The van der Waals surface area contributed by atoms with Crippen LogP contribution in [0.25, 0.3) is 11.1 Å². The number of methoxy groups -OCH3 is 2. The number of hydrogen-bond acceptors (Lipinski definition) is 3. The quantitative estimate of drug-likeness (QED) is 0.906. The number of halogens is 1. The van der Waals surface area contributed by atoms with Crippen LogP contribution in [0.15, 0.2) is 36.4 Å². The number of hydrogen-bond donors (Lipinski definition) is 1. The van der Waals surface area contributed by atoms with Gasteiger partial charge >= 0.3 is 0 Å². The highest BCUT2D eigenvalue weighted by atomic mass is 19.1. The van der Waals surface area contributed by atoms with Gasteiger partial charge in [-0.2, -0.15) is 0 Å². The fraction of sp³-hybridized carbons (Fsp3) is 0.143. The largest absolute Gasteiger partial charge is 0.505 e. The summed E-state index contributed by atoms with van der Waals surface area (Å²) in [6, 6.07) is 9.44. The van der Waals surface area contributed by atoms with Crippen LogP contribution >= 0.6 is 0 Å². The standard InChI is InChI=1S/C14H13FO3/c1-17-10-4-6-14(18-2)11(8-10)9-3-5-12(15)13(16)7-9/h3-8,16H,1-2H3. The summed E-state index contributed by atoms with van der Waals surface area (Å²) in [6.45, 7) is 0. The first-order chi connectivity index (χ1) is 8.65. The molecule has 0 saturated carbocycles. The minimum atomic E-state index is -0.652. The lowest BCUT2D eigenvalue weighted by molar-refractivity contribution is 0.404. The molecule has 0 unspecified atom stereocenters. The summed E-state index contributed by atoms with van der Waals surface area (Å²) in [5.74, 6) is 0.245. The predicted octanol–water partition coefficient (Wildman–Crippen LogP) is 3.22. The van der Waals surface area contributed by atoms with Crippen molar-refractivity contribution in [2.45, 2.75) is 0 Å². The van der Waals surface area contributed by atoms with Crippen molar-refractivity contribution in [2.75, 3.05) is 14.2 Å². The Bertz CT molecular complexity index is 567. The second-order valence-corrected chi connectivity index (χ2v) is 3.73. The van der Waals surface area contributed by atoms with Crippen LogP contribution in [0, 0.1) is 5.82 Å². The molecule has 1 N–H and O–H groups in total. The van der Waals surface area contributed by atoms with Crippen LogP contribution in [0.1, 0.15) is 0 Å². The molecule has 0 saturated heterocycles. The maximum absolute atomic E-state index is 13.0. The molecule has 0 bridgehead atoms. The molecule has 3 nitrogen and oxygen atoms in total. The topological polar surface area (TPSA) is 38.7 Å². The summed E-state index contributed by atoms with van der Waals surface area (Å²) in [7, 11) is 3.11. The van der Waals surface area contributed by atoms with Crippen LogP contribution in [0.3, 0.4) is 0 Å². The van der Waals surface area contributed by atoms with Crippen LogP contribution in [-0.2, 0) is 0 Å². The molecule has 0 spiro atoms. The van der Waals surface area contributed by atoms with E-state index in [4.69, 9.17) is 9.47 Å². The molecular formula is C14H13FO3. The van der Waals surface area contributed by atoms with E-state index in [1.807, 2.05) is 0 Å². The smallest absolute Gasteiger partial charge is 0.164 e. The highest BCUT2D eigenvalue weighted by molar-refractivity contribution is 5.73. The van der Waals surface area contributed by atoms with Gasteiger partial charge in [0, 0.05) is 5.56 Å². The molecule has 0 aliphatic heterocycles. The van der Waals surface area contributed by atoms with Gasteiger partial charge in [0.15, 0.2) is 11.6 Å². The highest BCUT2D eigenvalue weighted by Crippen LogP contribution is 2.35. The molecule has 0 aliphatic carbocycles. The number of ether oxygens (including phenoxy) is 2. The number of benzene rings is 2. The summed E-state index contributed by atoms with van der Waals surface area (Å²) in [6.07, 6.45) is 0. The van der Waals surface area contributed by atoms with Crippen molar-refractivity contribution in [3.8, 4) is 28.4 Å². The van der Waals surface area contributed by atoms with Gasteiger partial charge in [-0.15, -0.1) is 0 Å². The molecule has 2 aromatic carbocycles. The first-order valence-electron chi connectivity index (χ1n) is 5.36. The Morgan fingerprint density at radius 1 is 1.00 bits per heavy atom. The van der Waals surface area contributed by atoms with E-state index < -0.39 is 11.6 Å². The maximum atomic E-state index is 13.0. The number of aromatic hydroxyl groups is 1. The van der Waals surface area contributed by atoms with Gasteiger partial charge in [-0.25, -0.2) is 4.39 Å². The van der Waals surface area contributed by atoms with E-state index in [1.165, 1.54) is 12.1 Å². The molecule has 0 atom stereocenters. The summed E-state index contributed by atoms with van der Waals surface area (Å²) >= 11 is 0. The SMILES string of the molecule is COc1ccc(OC)c(-c2ccc(F)c(O)c2)c1. The molecule has 2 rings (SSSR count). The van der Waals surface area contributed by atoms with Gasteiger partial charge in [-0.1, -0.05) is 6.07 Å². The molecule has 0 radical (unpaired) electrons. The van der Waals surface area contributed by atoms with Crippen molar-refractivity contribution in [3.63, 3.8) is 0 Å². The Kier molecular flexibility index (Phi) is 3.37. The molecule has 2 aromatic rings. The lowest BCUT2D eigenvalue weighted by Crippen LogP contribution is -1.90. The van der Waals surface area contributed by atoms with Crippen molar-refractivity contribution >= 4 is 0 Å². The monoisotopic (exact) mass is 248 g/mol. The Morgan fingerprint density at radius 3 is 2.39 bits per heavy atom. The van der Waals surface area contributed by atoms with E-state index in [0.717, 1.165) is 5.56 Å². The van der Waals surface area contributed by atoms with Gasteiger partial charge in [0.05, 0.1) is 14.2 Å². The third-order valence-corrected chi connectivity index (χ3v) is 2.66. The Morgan fingerprint density at radius 2 is 1.78 bits per heavy atom. The molecule has 4 heteroatoms. The van der Waals surface area contributed by atoms with Crippen LogP contribution in [0.5, 0.6) is 17.2 Å². The summed E-state index contributed by atoms with van der Waals surface area (Å²) in [5, 5.41) is 9.40. The second-order valence-electron chi connectivity index (χ2n) is 3.73. The minimum absolute atomic E-state index is 0.391. The van der Waals surface area contributed by atoms with Crippen molar-refractivity contribution < 1.29 is 19.0 Å². The normalized spacial score (nSPS) is 10.2. The fourth-order valence-electron chi connectivity index (χ4n) is 1.72. The van der Waals surface area contributed by atoms with E-state index in [0.29, 0.717) is 17.1 Å². The zero-order valence-corrected chi connectivity index (χ0v) is 10.1. The minimum Gasteiger partial charge on any atom is -0.505 e. The van der Waals surface area contributed by atoms with Crippen LogP contribution in [0.2, 0.25) is 0 Å². The molecule has 0 aromatic heterocycles. The van der Waals surface area contributed by atoms with Crippen molar-refractivity contribution in [1.82, 2.24) is 0 Å². The third kappa shape index (κ3) is 2.22. The molecular weight excluding hydrogens is 235 g/mol. The average Bonchev–Trinajstić information content (AvgIpc) is 2.41. The zero-order chi connectivity index (χ0) is 13.1. The van der Waals surface area contributed by atoms with E-state index in [9.17, 15) is 9.50 Å². The molecule has 0 heterocycles. The van der Waals surface area contributed by atoms with Gasteiger partial charge in [0.1, 0.15) is 11.5 Å². The van der Waals surface area contributed by atoms with Crippen LogP contribution in [0.4, 0.5) is 4.39 Å². The lowest BCUT2D eigenvalue weighted by atomic mass is 10.0. The Hall–Kier alpha value is -2.23. The first-order valence-corrected chi connectivity index (χ1v) is 5.36. The first kappa shape index (κ1) is 12.2. The molecule has 94 valence electrons. The third-order valence-electron chi connectivity index (χ3n) is 2.66. The number of phenols is 1. The van der Waals surface area contributed by atoms with E-state index in [1.54, 1.807) is 38.5 Å². The second kappa shape index (κ2) is 4.96. The average molecular weight is 248 g/mol. The van der Waals surface area contributed by atoms with Gasteiger partial charge < -0.3 is 14.6 Å². The number of phenolic OH excluding ortho intramolecular Hbond substituents is 1. The molecule has 0 fully saturated rings. The maximum Gasteiger partial charge on any atom is 0.164 e. The molecule has 18 heavy (non-hydrogen) atoms. The van der Waals surface area contributed by atoms with Crippen LogP contribution in [-0.4, -0.2) is 19.3 Å². The van der Waals surface area contributed by atoms with Gasteiger partial charge in [0.2, 0.25) is 0 Å². The number of rotatable bonds is 3. The summed E-state index contributed by atoms with van der Waals surface area (Å²) < 4.78 is 23.4. The lowest BCUT2D eigenvalue weighted by Gasteiger charge is -2.11. The molecule has 0 amide bonds. The summed E-state index contributed by atoms with van der Waals surface area (Å²) in [4.78, 5) is 0. The highest BCUT2D eigenvalue weighted by Gasteiger charge is 2.10. The van der Waals surface area contributed by atoms with E-state index in [2.05, 4.69) is 0 Å². The van der Waals surface area contributed by atoms with Gasteiger partial charge in [-0.3, -0.25) is 0 Å². The van der Waals surface area contributed by atoms with Crippen molar-refractivity contribution in [1.29, 1.82) is 0 Å². The van der Waals surface area contributed by atoms with E-state index in [-0.39, 0.29) is 0 Å². The van der Waals surface area contributed by atoms with E-state index >= 15 is 0 Å². The van der Waals surface area contributed by atoms with Crippen LogP contribution < -0.4 is 9.47 Å². The van der Waals surface area contributed by atoms with Crippen molar-refractivity contribution in [3.05, 3.63) is 42.2 Å². The zero-order valence-electron chi connectivity index (χ0n) is 10.1. The van der Waals surface area contributed by atoms with Gasteiger partial charge in [0.25, 0.3) is 0 Å². The fourth-order valence-corrected chi connectivity index (χ4v) is 1.72.